The van der Waals surface area contributed by atoms with E-state index in [4.69, 9.17) is 9.47 Å². The zero-order valence-corrected chi connectivity index (χ0v) is 85.9. The predicted molar refractivity (Wildman–Crippen MR) is 574 cm³/mol. The molecule has 5 heterocycles. The van der Waals surface area contributed by atoms with E-state index in [2.05, 4.69) is 37.2 Å². The molecule has 0 saturated carbocycles. The molecule has 0 saturated heterocycles. The predicted octanol–water partition coefficient (Wildman–Crippen LogP) is 21.9. The molecular weight excluding hydrogens is 1840 g/mol. The number of aryl methyl sites for hydroxylation is 4. The minimum absolute atomic E-state index is 0.0142. The van der Waals surface area contributed by atoms with Crippen LogP contribution in [0, 0.1) is 5.92 Å². The van der Waals surface area contributed by atoms with Crippen molar-refractivity contribution in [2.45, 2.75) is 321 Å². The van der Waals surface area contributed by atoms with Gasteiger partial charge >= 0.3 is 0 Å². The van der Waals surface area contributed by atoms with Crippen LogP contribution in [0.1, 0.15) is 349 Å². The van der Waals surface area contributed by atoms with Gasteiger partial charge in [0, 0.05) is 65.2 Å². The summed E-state index contributed by atoms with van der Waals surface area (Å²) in [5.74, 6) is -3.05. The number of ether oxygens (including phenoxy) is 2. The Morgan fingerprint density at radius 1 is 0.315 bits per heavy atom. The van der Waals surface area contributed by atoms with E-state index >= 15 is 0 Å². The fourth-order valence-electron chi connectivity index (χ4n) is 18.8. The number of amides is 7. The molecule has 7 N–H and O–H groups in total. The summed E-state index contributed by atoms with van der Waals surface area (Å²) in [6.45, 7) is 7.43. The first-order valence-corrected chi connectivity index (χ1v) is 53.7. The van der Waals surface area contributed by atoms with Gasteiger partial charge in [-0.3, -0.25) is 57.5 Å². The minimum atomic E-state index is -0.843. The van der Waals surface area contributed by atoms with Gasteiger partial charge in [0.15, 0.2) is 11.6 Å². The quantitative estimate of drug-likeness (QED) is 0.0320. The molecule has 8 aromatic rings. The Morgan fingerprint density at radius 2 is 0.664 bits per heavy atom. The molecule has 7 amide bonds. The van der Waals surface area contributed by atoms with E-state index in [9.17, 15) is 71.9 Å². The monoisotopic (exact) mass is 1990 g/mol. The molecule has 14 rings (SSSR count). The first kappa shape index (κ1) is 116. The number of rotatable bonds is 13. The normalized spacial score (nSPS) is 19.4. The number of benzene rings is 8. The summed E-state index contributed by atoms with van der Waals surface area (Å²) in [5.41, 5.74) is 11.4. The molecule has 0 aromatic heterocycles. The molecule has 0 unspecified atom stereocenters. The third kappa shape index (κ3) is 40.5. The van der Waals surface area contributed by atoms with Crippen LogP contribution in [-0.2, 0) is 68.8 Å². The van der Waals surface area contributed by atoms with Gasteiger partial charge in [-0.1, -0.05) is 299 Å². The number of carbonyl (C=O) groups is 15. The van der Waals surface area contributed by atoms with Crippen LogP contribution >= 0.6 is 0 Å². The van der Waals surface area contributed by atoms with Crippen LogP contribution in [0.2, 0.25) is 0 Å². The van der Waals surface area contributed by atoms with Crippen molar-refractivity contribution in [1.82, 2.24) is 37.2 Å². The molecule has 0 fully saturated rings. The highest BCUT2D eigenvalue weighted by molar-refractivity contribution is 6.39. The second kappa shape index (κ2) is 67.2. The Balaban J connectivity index is 0.000000195. The van der Waals surface area contributed by atoms with Crippen molar-refractivity contribution in [2.75, 3.05) is 26.3 Å². The highest BCUT2D eigenvalue weighted by Crippen LogP contribution is 2.32. The first-order valence-electron chi connectivity index (χ1n) is 53.7. The molecule has 5 aliphatic heterocycles. The number of Topliss-reactive ketones (excluding diaryl/α,β-unsaturated/α-hetero) is 5. The van der Waals surface area contributed by atoms with Gasteiger partial charge in [0.05, 0.1) is 37.4 Å². The van der Waals surface area contributed by atoms with Crippen LogP contribution in [0.5, 0.6) is 11.5 Å². The standard InChI is InChI=1S/C23H32O3.C20H28N2O3.C20H26N2O3.C20H21NO3.C20H19NO3.C19H27NO2/c1-2-12-21(24)23(26)19-15-9-7-5-3-4-6-8-13-18-14-10-11-16-20(18)22(25)17-19;2*1-2-21-20(25)18(23)17-14-8-6-4-3-5-7-11-15-12-9-10-13-16(15)19(24)22-17;2*22-14-16-8-2-1-5-12-24-17-9-6-7-15(13-17)18-10-3-4-11-19(18)20(23)21-16;21-15-17-13-8-6-4-2-1-3-5-7-11-16-12-9-10-14-18(16)19(22)20-17/h10-11,14,16,19H,2-9,12-13,15,17H2,1H3;9-10,12-13,17H,2-8,11,14H2,1H3,(H,21,25)(H,22,24);6,8-10,12-13,17H,2-5,7,11,14H2,1H3,(H,21,25)(H,22,24);3-4,6-7,9-11,13-14,16H,1-2,5,8,12H2,(H,21,23);1-4,6-7,9-11,13-14,16H,5,8,12H2,(H,21,23);9-10,12,14-15,17H,1-8,11,13H2,(H,20,22)/t19-;2*17-;2*16-;17-/m100000/s1. The average Bonchev–Trinajstić information content (AvgIpc) is 0.843. The fourth-order valence-corrected chi connectivity index (χ4v) is 18.8. The number of likely N-dealkylation sites (N-methyl/N-ethyl adjacent to an activating group) is 2. The van der Waals surface area contributed by atoms with Gasteiger partial charge < -0.3 is 61.1 Å². The topological polar surface area (TPSA) is 359 Å². The summed E-state index contributed by atoms with van der Waals surface area (Å²) < 4.78 is 11.6. The van der Waals surface area contributed by atoms with Crippen molar-refractivity contribution < 1.29 is 81.4 Å². The lowest BCUT2D eigenvalue weighted by molar-refractivity contribution is -0.139. The van der Waals surface area contributed by atoms with Gasteiger partial charge in [0.1, 0.15) is 36.4 Å². The van der Waals surface area contributed by atoms with Crippen LogP contribution in [0.25, 0.3) is 22.3 Å². The number of carbonyl (C=O) groups excluding carboxylic acids is 15. The van der Waals surface area contributed by atoms with E-state index in [0.29, 0.717) is 93.5 Å². The Hall–Kier alpha value is -13.5. The Labute approximate surface area is 863 Å². The molecule has 8 aromatic carbocycles. The lowest BCUT2D eigenvalue weighted by atomic mass is 9.85. The molecule has 6 aliphatic rings. The van der Waals surface area contributed by atoms with E-state index < -0.39 is 53.5 Å². The minimum Gasteiger partial charge on any atom is -0.494 e. The molecule has 4 bridgehead atoms. The van der Waals surface area contributed by atoms with Crippen molar-refractivity contribution in [3.63, 3.8) is 0 Å². The highest BCUT2D eigenvalue weighted by Gasteiger charge is 2.32. The van der Waals surface area contributed by atoms with Crippen molar-refractivity contribution in [1.29, 1.82) is 0 Å². The van der Waals surface area contributed by atoms with Crippen LogP contribution in [-0.4, -0.2) is 146 Å². The third-order valence-corrected chi connectivity index (χ3v) is 26.9. The van der Waals surface area contributed by atoms with E-state index in [1.54, 1.807) is 38.1 Å². The average molecular weight is 1990 g/mol. The number of hydrogen-bond acceptors (Lipinski definition) is 17. The summed E-state index contributed by atoms with van der Waals surface area (Å²) in [6.07, 6.45) is 49.9. The molecule has 0 spiro atoms. The summed E-state index contributed by atoms with van der Waals surface area (Å²) in [6, 6.07) is 57.9. The maximum Gasteiger partial charge on any atom is 0.289 e. The smallest absolute Gasteiger partial charge is 0.289 e. The van der Waals surface area contributed by atoms with Gasteiger partial charge in [-0.25, -0.2) is 0 Å². The van der Waals surface area contributed by atoms with Crippen molar-refractivity contribution in [2.24, 2.45) is 5.92 Å². The molecule has 24 nitrogen and oxygen atoms in total. The Morgan fingerprint density at radius 3 is 1.12 bits per heavy atom. The molecule has 778 valence electrons. The number of ketones is 5. The molecule has 0 radical (unpaired) electrons. The number of allylic oxidation sites excluding steroid dienone is 1. The summed E-state index contributed by atoms with van der Waals surface area (Å²) in [5, 5.41) is 19.1. The van der Waals surface area contributed by atoms with Gasteiger partial charge in [0.25, 0.3) is 41.4 Å². The van der Waals surface area contributed by atoms with Crippen LogP contribution in [0.3, 0.4) is 0 Å². The number of aldehydes is 3. The maximum atomic E-state index is 12.9. The van der Waals surface area contributed by atoms with Crippen molar-refractivity contribution >= 4 is 89.1 Å². The van der Waals surface area contributed by atoms with Crippen molar-refractivity contribution in [3.8, 4) is 33.8 Å². The summed E-state index contributed by atoms with van der Waals surface area (Å²) in [4.78, 5) is 183. The van der Waals surface area contributed by atoms with Crippen molar-refractivity contribution in [3.05, 3.63) is 274 Å². The van der Waals surface area contributed by atoms with Crippen LogP contribution in [0.4, 0.5) is 0 Å². The summed E-state index contributed by atoms with van der Waals surface area (Å²) in [7, 11) is 0. The van der Waals surface area contributed by atoms with E-state index in [1.165, 1.54) is 64.2 Å². The third-order valence-electron chi connectivity index (χ3n) is 26.9. The van der Waals surface area contributed by atoms with Gasteiger partial charge in [0.2, 0.25) is 17.3 Å². The number of nitrogens with one attached hydrogen (secondary N) is 7. The van der Waals surface area contributed by atoms with Crippen LogP contribution in [0.15, 0.2) is 218 Å². The zero-order valence-electron chi connectivity index (χ0n) is 85.9. The van der Waals surface area contributed by atoms with Gasteiger partial charge in [-0.15, -0.1) is 0 Å². The zero-order chi connectivity index (χ0) is 104. The highest BCUT2D eigenvalue weighted by atomic mass is 16.5. The van der Waals surface area contributed by atoms with E-state index in [-0.39, 0.29) is 59.3 Å². The van der Waals surface area contributed by atoms with Crippen LogP contribution < -0.4 is 46.7 Å². The number of hydrogen-bond donors (Lipinski definition) is 7. The molecular formula is C122H153N7O17. The SMILES string of the molecule is CCCC(=O)C(=O)[C@@H]1CCCCCCCCCc2ccccc2C(=O)C1.CCNC(=O)C(=O)[C@@H]1CC=CCCCCCc2ccccc2C(=O)N1.CCNC(=O)C(=O)[C@@H]1CCCCCCCCc2ccccc2C(=O)N1.O=C[C@@H]1CC=CCCOc2cccc(c2)-c2ccccc2C(=O)N1.O=C[C@@H]1CCCCCCCCCCc2ccccc2C(=O)N1.O=C[C@@H]1CCCCCOc2cccc(c2)-c2ccccc2C(=O)N1. The second-order valence-corrected chi connectivity index (χ2v) is 38.2. The van der Waals surface area contributed by atoms with E-state index in [1.807, 2.05) is 201 Å². The fraction of sp³-hybridized carbons (Fsp3) is 0.451. The Bertz CT molecular complexity index is 5600. The number of fused-ring (bicyclic) bond motifs is 12. The van der Waals surface area contributed by atoms with Gasteiger partial charge in [-0.05, 0) is 241 Å². The van der Waals surface area contributed by atoms with Gasteiger partial charge in [-0.2, -0.15) is 0 Å². The largest absolute Gasteiger partial charge is 0.494 e. The summed E-state index contributed by atoms with van der Waals surface area (Å²) >= 11 is 0. The first-order chi connectivity index (χ1) is 71.2. The molecule has 6 atom stereocenters. The molecule has 1 aliphatic carbocycles. The lowest BCUT2D eigenvalue weighted by Crippen LogP contribution is -2.47. The molecule has 24 heteroatoms. The van der Waals surface area contributed by atoms with E-state index in [0.717, 1.165) is 240 Å². The molecule has 146 heavy (non-hydrogen) atoms. The maximum absolute atomic E-state index is 12.9. The Kier molecular flexibility index (Phi) is 53.4. The lowest BCUT2D eigenvalue weighted by Gasteiger charge is -2.18. The second-order valence-electron chi connectivity index (χ2n) is 38.2.